The highest BCUT2D eigenvalue weighted by Crippen LogP contribution is 2.30. The number of benzene rings is 1. The molecule has 1 unspecified atom stereocenters. The summed E-state index contributed by atoms with van der Waals surface area (Å²) in [5.41, 5.74) is 7.38. The molecule has 0 bridgehead atoms. The van der Waals surface area contributed by atoms with E-state index in [0.717, 1.165) is 0 Å². The predicted molar refractivity (Wildman–Crippen MR) is 70.0 cm³/mol. The van der Waals surface area contributed by atoms with Gasteiger partial charge in [-0.15, -0.1) is 0 Å². The number of hydrogen-bond acceptors (Lipinski definition) is 1. The summed E-state index contributed by atoms with van der Waals surface area (Å²) in [7, 11) is 0. The van der Waals surface area contributed by atoms with Crippen molar-refractivity contribution < 1.29 is 0 Å². The third-order valence-corrected chi connectivity index (χ3v) is 4.21. The fraction of sp³-hybridized carbons (Fsp3) is 0.600. The summed E-state index contributed by atoms with van der Waals surface area (Å²) in [4.78, 5) is 0. The monoisotopic (exact) mass is 217 g/mol. The second kappa shape index (κ2) is 4.58. The molecular formula is C15H23N. The van der Waals surface area contributed by atoms with Gasteiger partial charge in [0, 0.05) is 6.04 Å². The summed E-state index contributed by atoms with van der Waals surface area (Å²) in [6, 6.07) is 2.98. The number of hydrogen-bond donors (Lipinski definition) is 1. The van der Waals surface area contributed by atoms with Crippen molar-refractivity contribution in [2.75, 3.05) is 6.54 Å². The third kappa shape index (κ3) is 2.01. The molecule has 0 aliphatic carbocycles. The average Bonchev–Trinajstić information content (AvgIpc) is 2.32. The molecule has 0 saturated carbocycles. The molecule has 1 nitrogen and oxygen atoms in total. The highest BCUT2D eigenvalue weighted by molar-refractivity contribution is 5.45. The second-order valence-electron chi connectivity index (χ2n) is 5.16. The van der Waals surface area contributed by atoms with Gasteiger partial charge < -0.3 is 5.32 Å². The van der Waals surface area contributed by atoms with Crippen LogP contribution < -0.4 is 5.32 Å². The number of nitrogens with one attached hydrogen (secondary N) is 1. The first kappa shape index (κ1) is 11.7. The minimum atomic E-state index is 0.590. The first-order chi connectivity index (χ1) is 7.61. The van der Waals surface area contributed by atoms with E-state index in [1.54, 1.807) is 0 Å². The van der Waals surface area contributed by atoms with E-state index >= 15 is 0 Å². The van der Waals surface area contributed by atoms with E-state index in [9.17, 15) is 0 Å². The minimum Gasteiger partial charge on any atom is -0.310 e. The normalized spacial score (nSPS) is 21.1. The zero-order valence-electron chi connectivity index (χ0n) is 11.0. The Kier molecular flexibility index (Phi) is 3.34. The van der Waals surface area contributed by atoms with Crippen molar-refractivity contribution in [3.05, 3.63) is 33.9 Å². The SMILES string of the molecule is Cc1cc(C2CCCCN2)c(C)c(C)c1C. The summed E-state index contributed by atoms with van der Waals surface area (Å²) in [6.07, 6.45) is 3.99. The summed E-state index contributed by atoms with van der Waals surface area (Å²) in [5.74, 6) is 0. The summed E-state index contributed by atoms with van der Waals surface area (Å²) in [5, 5.41) is 3.65. The van der Waals surface area contributed by atoms with E-state index in [-0.39, 0.29) is 0 Å². The lowest BCUT2D eigenvalue weighted by atomic mass is 9.88. The number of piperidine rings is 1. The molecule has 1 fully saturated rings. The van der Waals surface area contributed by atoms with Gasteiger partial charge in [-0.3, -0.25) is 0 Å². The number of aryl methyl sites for hydroxylation is 1. The Morgan fingerprint density at radius 3 is 2.38 bits per heavy atom. The van der Waals surface area contributed by atoms with Crippen LogP contribution >= 0.6 is 0 Å². The average molecular weight is 217 g/mol. The molecule has 1 saturated heterocycles. The molecule has 0 aromatic heterocycles. The Bertz CT molecular complexity index is 387. The van der Waals surface area contributed by atoms with Crippen molar-refractivity contribution in [1.82, 2.24) is 5.32 Å². The van der Waals surface area contributed by atoms with Gasteiger partial charge in [0.25, 0.3) is 0 Å². The molecule has 16 heavy (non-hydrogen) atoms. The van der Waals surface area contributed by atoms with Crippen LogP contribution in [0.4, 0.5) is 0 Å². The van der Waals surface area contributed by atoms with E-state index in [0.29, 0.717) is 6.04 Å². The highest BCUT2D eigenvalue weighted by atomic mass is 14.9. The lowest BCUT2D eigenvalue weighted by molar-refractivity contribution is 0.411. The first-order valence-electron chi connectivity index (χ1n) is 6.42. The summed E-state index contributed by atoms with van der Waals surface area (Å²) >= 11 is 0. The largest absolute Gasteiger partial charge is 0.310 e. The Hall–Kier alpha value is -0.820. The first-order valence-corrected chi connectivity index (χ1v) is 6.42. The van der Waals surface area contributed by atoms with E-state index in [1.165, 1.54) is 53.6 Å². The maximum Gasteiger partial charge on any atom is 0.0323 e. The quantitative estimate of drug-likeness (QED) is 0.755. The molecule has 1 heteroatoms. The van der Waals surface area contributed by atoms with Crippen LogP contribution in [-0.4, -0.2) is 6.54 Å². The van der Waals surface area contributed by atoms with Crippen LogP contribution in [-0.2, 0) is 0 Å². The van der Waals surface area contributed by atoms with Crippen LogP contribution in [0.2, 0.25) is 0 Å². The molecule has 0 amide bonds. The smallest absolute Gasteiger partial charge is 0.0323 e. The summed E-state index contributed by atoms with van der Waals surface area (Å²) in [6.45, 7) is 10.2. The Labute approximate surface area is 99.3 Å². The number of rotatable bonds is 1. The van der Waals surface area contributed by atoms with Crippen LogP contribution in [0.15, 0.2) is 6.07 Å². The van der Waals surface area contributed by atoms with Gasteiger partial charge in [0.05, 0.1) is 0 Å². The lowest BCUT2D eigenvalue weighted by Gasteiger charge is -2.27. The molecule has 1 aliphatic rings. The molecule has 1 aliphatic heterocycles. The van der Waals surface area contributed by atoms with Gasteiger partial charge in [-0.2, -0.15) is 0 Å². The molecule has 0 radical (unpaired) electrons. The molecule has 1 atom stereocenters. The van der Waals surface area contributed by atoms with Crippen LogP contribution in [0.1, 0.15) is 53.1 Å². The molecule has 0 spiro atoms. The topological polar surface area (TPSA) is 12.0 Å². The van der Waals surface area contributed by atoms with Gasteiger partial charge in [-0.25, -0.2) is 0 Å². The Balaban J connectivity index is 2.40. The maximum absolute atomic E-state index is 3.65. The fourth-order valence-corrected chi connectivity index (χ4v) is 2.72. The van der Waals surface area contributed by atoms with Crippen LogP contribution in [0.25, 0.3) is 0 Å². The van der Waals surface area contributed by atoms with Crippen molar-refractivity contribution in [3.8, 4) is 0 Å². The van der Waals surface area contributed by atoms with Crippen molar-refractivity contribution >= 4 is 0 Å². The summed E-state index contributed by atoms with van der Waals surface area (Å²) < 4.78 is 0. The third-order valence-electron chi connectivity index (χ3n) is 4.21. The van der Waals surface area contributed by atoms with Gasteiger partial charge in [-0.1, -0.05) is 12.5 Å². The molecule has 1 aromatic rings. The van der Waals surface area contributed by atoms with Crippen molar-refractivity contribution in [1.29, 1.82) is 0 Å². The van der Waals surface area contributed by atoms with Gasteiger partial charge in [0.2, 0.25) is 0 Å². The van der Waals surface area contributed by atoms with Gasteiger partial charge in [0.1, 0.15) is 0 Å². The van der Waals surface area contributed by atoms with Crippen molar-refractivity contribution in [2.45, 2.75) is 53.0 Å². The zero-order valence-corrected chi connectivity index (χ0v) is 11.0. The zero-order chi connectivity index (χ0) is 11.7. The van der Waals surface area contributed by atoms with Gasteiger partial charge >= 0.3 is 0 Å². The highest BCUT2D eigenvalue weighted by Gasteiger charge is 2.18. The van der Waals surface area contributed by atoms with Crippen LogP contribution in [0.3, 0.4) is 0 Å². The van der Waals surface area contributed by atoms with E-state index in [1.807, 2.05) is 0 Å². The maximum atomic E-state index is 3.65. The molecule has 1 heterocycles. The minimum absolute atomic E-state index is 0.590. The van der Waals surface area contributed by atoms with Crippen LogP contribution in [0.5, 0.6) is 0 Å². The Morgan fingerprint density at radius 1 is 1.00 bits per heavy atom. The molecular weight excluding hydrogens is 194 g/mol. The van der Waals surface area contributed by atoms with Gasteiger partial charge in [0.15, 0.2) is 0 Å². The standard InChI is InChI=1S/C15H23N/c1-10-9-14(13(4)12(3)11(10)2)15-7-5-6-8-16-15/h9,15-16H,5-8H2,1-4H3. The fourth-order valence-electron chi connectivity index (χ4n) is 2.72. The molecule has 88 valence electrons. The second-order valence-corrected chi connectivity index (χ2v) is 5.16. The van der Waals surface area contributed by atoms with Gasteiger partial charge in [-0.05, 0) is 74.9 Å². The Morgan fingerprint density at radius 2 is 1.75 bits per heavy atom. The van der Waals surface area contributed by atoms with E-state index < -0.39 is 0 Å². The van der Waals surface area contributed by atoms with Crippen molar-refractivity contribution in [3.63, 3.8) is 0 Å². The van der Waals surface area contributed by atoms with Crippen LogP contribution in [0, 0.1) is 27.7 Å². The molecule has 2 rings (SSSR count). The molecule has 1 N–H and O–H groups in total. The molecule has 1 aromatic carbocycles. The lowest BCUT2D eigenvalue weighted by Crippen LogP contribution is -2.27. The van der Waals surface area contributed by atoms with Crippen molar-refractivity contribution in [2.24, 2.45) is 0 Å². The van der Waals surface area contributed by atoms with E-state index in [2.05, 4.69) is 39.1 Å². The van der Waals surface area contributed by atoms with E-state index in [4.69, 9.17) is 0 Å². The predicted octanol–water partition coefficient (Wildman–Crippen LogP) is 3.73.